The Labute approximate surface area is 131 Å². The maximum atomic E-state index is 10.5. The van der Waals surface area contributed by atoms with Gasteiger partial charge in [0.15, 0.2) is 0 Å². The van der Waals surface area contributed by atoms with Crippen LogP contribution < -0.4 is 0 Å². The van der Waals surface area contributed by atoms with Crippen molar-refractivity contribution in [1.82, 2.24) is 0 Å². The number of allylic oxidation sites excluding steroid dienone is 6. The van der Waals surface area contributed by atoms with Gasteiger partial charge < -0.3 is 5.11 Å². The zero-order valence-electron chi connectivity index (χ0n) is 14.7. The molecule has 0 fully saturated rings. The predicted octanol–water partition coefficient (Wildman–Crippen LogP) is 5.73. The Kier molecular flexibility index (Phi) is 6.22. The van der Waals surface area contributed by atoms with Crippen LogP contribution >= 0.6 is 0 Å². The summed E-state index contributed by atoms with van der Waals surface area (Å²) >= 11 is 0. The van der Waals surface area contributed by atoms with Gasteiger partial charge in [-0.25, -0.2) is 0 Å². The van der Waals surface area contributed by atoms with Crippen LogP contribution in [0.1, 0.15) is 67.2 Å². The lowest BCUT2D eigenvalue weighted by Gasteiger charge is -2.33. The van der Waals surface area contributed by atoms with E-state index in [0.717, 1.165) is 6.42 Å². The Morgan fingerprint density at radius 3 is 2.57 bits per heavy atom. The predicted molar refractivity (Wildman–Crippen MR) is 93.3 cm³/mol. The largest absolute Gasteiger partial charge is 0.382 e. The molecule has 0 spiro atoms. The fraction of sp³-hybridized carbons (Fsp3) is 0.600. The van der Waals surface area contributed by atoms with Crippen molar-refractivity contribution in [3.63, 3.8) is 0 Å². The van der Waals surface area contributed by atoms with Gasteiger partial charge in [-0.3, -0.25) is 0 Å². The first kappa shape index (κ1) is 18.0. The van der Waals surface area contributed by atoms with E-state index in [4.69, 9.17) is 0 Å². The summed E-state index contributed by atoms with van der Waals surface area (Å²) in [5, 5.41) is 10.5. The molecule has 1 rings (SSSR count). The topological polar surface area (TPSA) is 20.2 Å². The van der Waals surface area contributed by atoms with E-state index in [0.29, 0.717) is 0 Å². The molecule has 21 heavy (non-hydrogen) atoms. The molecule has 0 heterocycles. The minimum atomic E-state index is -0.897. The Morgan fingerprint density at radius 1 is 1.33 bits per heavy atom. The van der Waals surface area contributed by atoms with Crippen molar-refractivity contribution in [2.75, 3.05) is 0 Å². The fourth-order valence-corrected chi connectivity index (χ4v) is 2.84. The molecule has 1 N–H and O–H groups in total. The van der Waals surface area contributed by atoms with E-state index in [1.165, 1.54) is 36.0 Å². The summed E-state index contributed by atoms with van der Waals surface area (Å²) in [5.74, 6) is 0. The lowest BCUT2D eigenvalue weighted by atomic mass is 9.72. The normalized spacial score (nSPS) is 23.1. The van der Waals surface area contributed by atoms with Crippen LogP contribution in [0.4, 0.5) is 0 Å². The van der Waals surface area contributed by atoms with E-state index in [9.17, 15) is 5.11 Å². The molecule has 1 aliphatic carbocycles. The van der Waals surface area contributed by atoms with Crippen LogP contribution in [0.25, 0.3) is 0 Å². The number of rotatable bonds is 5. The molecule has 0 aromatic rings. The van der Waals surface area contributed by atoms with Crippen LogP contribution in [0.3, 0.4) is 0 Å². The lowest BCUT2D eigenvalue weighted by molar-refractivity contribution is 0.164. The van der Waals surface area contributed by atoms with Gasteiger partial charge in [-0.2, -0.15) is 0 Å². The van der Waals surface area contributed by atoms with Gasteiger partial charge in [0, 0.05) is 0 Å². The highest BCUT2D eigenvalue weighted by Gasteiger charge is 2.27. The summed E-state index contributed by atoms with van der Waals surface area (Å²) in [5.41, 5.74) is 3.49. The first-order chi connectivity index (χ1) is 9.68. The molecule has 1 aliphatic rings. The lowest BCUT2D eigenvalue weighted by Crippen LogP contribution is -2.21. The van der Waals surface area contributed by atoms with Gasteiger partial charge in [-0.15, -0.1) is 0 Å². The molecule has 0 aliphatic heterocycles. The molecule has 0 saturated heterocycles. The first-order valence-electron chi connectivity index (χ1n) is 8.15. The molecule has 0 radical (unpaired) electrons. The highest BCUT2D eigenvalue weighted by Crippen LogP contribution is 2.40. The van der Waals surface area contributed by atoms with Crippen LogP contribution in [0.5, 0.6) is 0 Å². The molecular weight excluding hydrogens is 256 g/mol. The third-order valence-corrected chi connectivity index (χ3v) is 4.50. The van der Waals surface area contributed by atoms with E-state index < -0.39 is 5.60 Å². The average Bonchev–Trinajstić information content (AvgIpc) is 2.36. The molecule has 1 unspecified atom stereocenters. The van der Waals surface area contributed by atoms with Gasteiger partial charge >= 0.3 is 0 Å². The first-order valence-corrected chi connectivity index (χ1v) is 8.15. The Balaban J connectivity index is 2.87. The summed E-state index contributed by atoms with van der Waals surface area (Å²) in [7, 11) is 0. The van der Waals surface area contributed by atoms with E-state index in [2.05, 4.69) is 46.8 Å². The molecule has 118 valence electrons. The Bertz CT molecular complexity index is 470. The third kappa shape index (κ3) is 5.67. The minimum Gasteiger partial charge on any atom is -0.382 e. The summed E-state index contributed by atoms with van der Waals surface area (Å²) in [6.45, 7) is 12.9. The minimum absolute atomic E-state index is 0.220. The molecule has 1 atom stereocenters. The van der Waals surface area contributed by atoms with Crippen LogP contribution in [0.2, 0.25) is 0 Å². The van der Waals surface area contributed by atoms with Crippen molar-refractivity contribution < 1.29 is 5.11 Å². The van der Waals surface area contributed by atoms with E-state index in [1.807, 2.05) is 25.2 Å². The van der Waals surface area contributed by atoms with Crippen molar-refractivity contribution in [3.05, 3.63) is 47.1 Å². The number of hydrogen-bond acceptors (Lipinski definition) is 1. The molecule has 0 aromatic heterocycles. The number of aliphatic hydroxyl groups is 1. The quantitative estimate of drug-likeness (QED) is 0.640. The van der Waals surface area contributed by atoms with Gasteiger partial charge in [0.2, 0.25) is 0 Å². The van der Waals surface area contributed by atoms with Crippen molar-refractivity contribution in [3.8, 4) is 0 Å². The van der Waals surface area contributed by atoms with Gasteiger partial charge in [0.05, 0.1) is 5.60 Å². The molecular formula is C20H32O. The van der Waals surface area contributed by atoms with E-state index >= 15 is 0 Å². The van der Waals surface area contributed by atoms with Crippen molar-refractivity contribution in [2.24, 2.45) is 5.41 Å². The smallest absolute Gasteiger partial charge is 0.0986 e. The SMILES string of the molecule is CC/C(C)=C/C=C/C(C)(O)/C=C/C1=C(C)CCCC1(C)C. The summed E-state index contributed by atoms with van der Waals surface area (Å²) in [6, 6.07) is 0. The highest BCUT2D eigenvalue weighted by atomic mass is 16.3. The number of hydrogen-bond donors (Lipinski definition) is 1. The monoisotopic (exact) mass is 288 g/mol. The molecule has 0 saturated carbocycles. The van der Waals surface area contributed by atoms with Gasteiger partial charge in [-0.1, -0.05) is 50.1 Å². The zero-order valence-corrected chi connectivity index (χ0v) is 14.7. The highest BCUT2D eigenvalue weighted by molar-refractivity contribution is 5.34. The van der Waals surface area contributed by atoms with Crippen LogP contribution in [-0.4, -0.2) is 10.7 Å². The van der Waals surface area contributed by atoms with Crippen LogP contribution in [0, 0.1) is 5.41 Å². The second kappa shape index (κ2) is 7.26. The molecule has 1 nitrogen and oxygen atoms in total. The van der Waals surface area contributed by atoms with Crippen molar-refractivity contribution >= 4 is 0 Å². The van der Waals surface area contributed by atoms with Crippen LogP contribution in [-0.2, 0) is 0 Å². The second-order valence-corrected chi connectivity index (χ2v) is 7.22. The van der Waals surface area contributed by atoms with Gasteiger partial charge in [0.1, 0.15) is 0 Å². The summed E-state index contributed by atoms with van der Waals surface area (Å²) in [6.07, 6.45) is 14.7. The molecule has 1 heteroatoms. The van der Waals surface area contributed by atoms with Crippen LogP contribution in [0.15, 0.2) is 47.1 Å². The Morgan fingerprint density at radius 2 is 2.00 bits per heavy atom. The second-order valence-electron chi connectivity index (χ2n) is 7.22. The summed E-state index contributed by atoms with van der Waals surface area (Å²) < 4.78 is 0. The zero-order chi connectivity index (χ0) is 16.1. The summed E-state index contributed by atoms with van der Waals surface area (Å²) in [4.78, 5) is 0. The van der Waals surface area contributed by atoms with Gasteiger partial charge in [-0.05, 0) is 69.6 Å². The van der Waals surface area contributed by atoms with Gasteiger partial charge in [0.25, 0.3) is 0 Å². The molecule has 0 bridgehead atoms. The molecule has 0 amide bonds. The van der Waals surface area contributed by atoms with E-state index in [1.54, 1.807) is 0 Å². The standard InChI is InChI=1S/C20H32O/c1-7-16(2)10-8-14-20(6,21)15-12-18-17(3)11-9-13-19(18,4)5/h8,10,12,14-15,21H,7,9,11,13H2,1-6H3/b14-8+,15-12+,16-10+. The maximum absolute atomic E-state index is 10.5. The fourth-order valence-electron chi connectivity index (χ4n) is 2.84. The average molecular weight is 288 g/mol. The third-order valence-electron chi connectivity index (χ3n) is 4.50. The van der Waals surface area contributed by atoms with E-state index in [-0.39, 0.29) is 5.41 Å². The van der Waals surface area contributed by atoms with Crippen molar-refractivity contribution in [1.29, 1.82) is 0 Å². The maximum Gasteiger partial charge on any atom is 0.0986 e. The van der Waals surface area contributed by atoms with Crippen molar-refractivity contribution in [2.45, 2.75) is 72.8 Å². The molecule has 0 aromatic carbocycles. The Hall–Kier alpha value is -1.08.